The molecular weight excluding hydrogens is 264 g/mol. The Balaban J connectivity index is 1.82. The Labute approximate surface area is 126 Å². The van der Waals surface area contributed by atoms with Gasteiger partial charge in [-0.15, -0.1) is 0 Å². The normalized spacial score (nSPS) is 24.0. The van der Waals surface area contributed by atoms with E-state index in [2.05, 4.69) is 17.4 Å². The van der Waals surface area contributed by atoms with Crippen molar-refractivity contribution in [3.05, 3.63) is 35.9 Å². The second kappa shape index (κ2) is 5.02. The van der Waals surface area contributed by atoms with Gasteiger partial charge < -0.3 is 10.1 Å². The van der Waals surface area contributed by atoms with Crippen LogP contribution in [-0.4, -0.2) is 35.2 Å². The molecule has 1 saturated heterocycles. The van der Waals surface area contributed by atoms with Gasteiger partial charge in [-0.1, -0.05) is 30.3 Å². The first-order valence-electron chi connectivity index (χ1n) is 7.68. The Bertz CT molecular complexity index is 517. The van der Waals surface area contributed by atoms with Crippen molar-refractivity contribution in [3.63, 3.8) is 0 Å². The number of rotatable bonds is 1. The van der Waals surface area contributed by atoms with Crippen LogP contribution in [0.1, 0.15) is 45.2 Å². The molecule has 3 rings (SSSR count). The van der Waals surface area contributed by atoms with Crippen LogP contribution >= 0.6 is 0 Å². The molecule has 1 amide bonds. The van der Waals surface area contributed by atoms with E-state index < -0.39 is 5.60 Å². The highest BCUT2D eigenvalue weighted by molar-refractivity contribution is 5.69. The fourth-order valence-corrected chi connectivity index (χ4v) is 2.89. The van der Waals surface area contributed by atoms with Gasteiger partial charge in [0.1, 0.15) is 5.60 Å². The zero-order valence-electron chi connectivity index (χ0n) is 13.1. The molecule has 1 atom stereocenters. The highest BCUT2D eigenvalue weighted by Crippen LogP contribution is 2.41. The lowest BCUT2D eigenvalue weighted by molar-refractivity contribution is 0.00540. The van der Waals surface area contributed by atoms with Crippen molar-refractivity contribution >= 4 is 6.09 Å². The second-order valence-corrected chi connectivity index (χ2v) is 7.20. The number of carbonyl (C=O) groups excluding carboxylic acids is 1. The predicted molar refractivity (Wildman–Crippen MR) is 82.1 cm³/mol. The van der Waals surface area contributed by atoms with Crippen LogP contribution in [0, 0.1) is 0 Å². The van der Waals surface area contributed by atoms with Gasteiger partial charge in [0.05, 0.1) is 6.04 Å². The number of hydrogen-bond acceptors (Lipinski definition) is 3. The monoisotopic (exact) mass is 288 g/mol. The van der Waals surface area contributed by atoms with Gasteiger partial charge in [0.2, 0.25) is 0 Å². The molecule has 4 nitrogen and oxygen atoms in total. The molecule has 0 aromatic heterocycles. The van der Waals surface area contributed by atoms with Crippen LogP contribution in [0.25, 0.3) is 0 Å². The van der Waals surface area contributed by atoms with Crippen molar-refractivity contribution < 1.29 is 9.53 Å². The van der Waals surface area contributed by atoms with Gasteiger partial charge in [0.25, 0.3) is 0 Å². The Morgan fingerprint density at radius 1 is 1.29 bits per heavy atom. The zero-order valence-corrected chi connectivity index (χ0v) is 13.1. The molecule has 114 valence electrons. The van der Waals surface area contributed by atoms with Crippen molar-refractivity contribution in [2.45, 2.75) is 50.8 Å². The summed E-state index contributed by atoms with van der Waals surface area (Å²) in [7, 11) is 0. The van der Waals surface area contributed by atoms with Gasteiger partial charge in [-0.3, -0.25) is 4.90 Å². The number of hydrogen-bond donors (Lipinski definition) is 1. The van der Waals surface area contributed by atoms with E-state index in [1.165, 1.54) is 0 Å². The van der Waals surface area contributed by atoms with Gasteiger partial charge in [-0.05, 0) is 39.2 Å². The van der Waals surface area contributed by atoms with Crippen LogP contribution in [0.4, 0.5) is 4.79 Å². The third-order valence-corrected chi connectivity index (χ3v) is 4.19. The summed E-state index contributed by atoms with van der Waals surface area (Å²) in [6.45, 7) is 7.28. The lowest BCUT2D eigenvalue weighted by atomic mass is 10.0. The average Bonchev–Trinajstić information content (AvgIpc) is 3.17. The minimum absolute atomic E-state index is 0.0484. The zero-order chi connectivity index (χ0) is 15.1. The fourth-order valence-electron chi connectivity index (χ4n) is 2.89. The highest BCUT2D eigenvalue weighted by atomic mass is 16.6. The van der Waals surface area contributed by atoms with Crippen LogP contribution in [-0.2, 0) is 4.74 Å². The van der Waals surface area contributed by atoms with Crippen LogP contribution < -0.4 is 5.32 Å². The summed E-state index contributed by atoms with van der Waals surface area (Å²) in [5, 5.41) is 3.62. The minimum atomic E-state index is -0.458. The number of carbonyl (C=O) groups is 1. The summed E-state index contributed by atoms with van der Waals surface area (Å²) in [6.07, 6.45) is 2.09. The minimum Gasteiger partial charge on any atom is -0.444 e. The van der Waals surface area contributed by atoms with Crippen molar-refractivity contribution in [3.8, 4) is 0 Å². The summed E-state index contributed by atoms with van der Waals surface area (Å²) in [6, 6.07) is 10.2. The number of ether oxygens (including phenoxy) is 1. The Morgan fingerprint density at radius 3 is 2.52 bits per heavy atom. The van der Waals surface area contributed by atoms with Gasteiger partial charge >= 0.3 is 6.09 Å². The maximum atomic E-state index is 12.6. The molecule has 1 heterocycles. The molecule has 1 aromatic carbocycles. The van der Waals surface area contributed by atoms with Gasteiger partial charge in [-0.25, -0.2) is 4.79 Å². The Hall–Kier alpha value is -1.55. The van der Waals surface area contributed by atoms with Crippen molar-refractivity contribution in [2.75, 3.05) is 13.1 Å². The van der Waals surface area contributed by atoms with E-state index in [1.807, 2.05) is 43.9 Å². The van der Waals surface area contributed by atoms with Crippen molar-refractivity contribution in [2.24, 2.45) is 0 Å². The molecular formula is C17H24N2O2. The largest absolute Gasteiger partial charge is 0.444 e. The van der Waals surface area contributed by atoms with E-state index in [1.54, 1.807) is 0 Å². The summed E-state index contributed by atoms with van der Waals surface area (Å²) in [5.41, 5.74) is 0.841. The molecule has 1 aliphatic carbocycles. The molecule has 0 bridgehead atoms. The number of nitrogens with one attached hydrogen (secondary N) is 1. The third kappa shape index (κ3) is 3.21. The number of piperazine rings is 1. The van der Waals surface area contributed by atoms with E-state index >= 15 is 0 Å². The van der Waals surface area contributed by atoms with Crippen LogP contribution in [0.15, 0.2) is 30.3 Å². The second-order valence-electron chi connectivity index (χ2n) is 7.20. The SMILES string of the molecule is CC(C)(C)OC(=O)N1CC2(CC2)NC[C@@H]1c1ccccc1. The molecule has 4 heteroatoms. The molecule has 1 aliphatic heterocycles. The Morgan fingerprint density at radius 2 is 1.95 bits per heavy atom. The highest BCUT2D eigenvalue weighted by Gasteiger charge is 2.50. The van der Waals surface area contributed by atoms with E-state index in [4.69, 9.17) is 4.74 Å². The first-order valence-corrected chi connectivity index (χ1v) is 7.68. The molecule has 21 heavy (non-hydrogen) atoms. The lowest BCUT2D eigenvalue weighted by Gasteiger charge is -2.41. The fraction of sp³-hybridized carbons (Fsp3) is 0.588. The van der Waals surface area contributed by atoms with E-state index in [-0.39, 0.29) is 17.7 Å². The van der Waals surface area contributed by atoms with E-state index in [0.29, 0.717) is 0 Å². The first kappa shape index (κ1) is 14.4. The summed E-state index contributed by atoms with van der Waals surface area (Å²) in [5.74, 6) is 0. The predicted octanol–water partition coefficient (Wildman–Crippen LogP) is 3.10. The molecule has 2 fully saturated rings. The maximum absolute atomic E-state index is 12.6. The van der Waals surface area contributed by atoms with E-state index in [0.717, 1.165) is 31.5 Å². The molecule has 1 spiro atoms. The van der Waals surface area contributed by atoms with Crippen LogP contribution in [0.2, 0.25) is 0 Å². The summed E-state index contributed by atoms with van der Waals surface area (Å²) < 4.78 is 5.61. The molecule has 2 aliphatic rings. The first-order chi connectivity index (χ1) is 9.89. The molecule has 1 aromatic rings. The standard InChI is InChI=1S/C17H24N2O2/c1-16(2,3)21-15(20)19-12-17(9-10-17)18-11-14(19)13-7-5-4-6-8-13/h4-8,14,18H,9-12H2,1-3H3/t14-/m1/s1. The van der Waals surface area contributed by atoms with Gasteiger partial charge in [0.15, 0.2) is 0 Å². The van der Waals surface area contributed by atoms with E-state index in [9.17, 15) is 4.79 Å². The molecule has 1 N–H and O–H groups in total. The lowest BCUT2D eigenvalue weighted by Crippen LogP contribution is -2.56. The Kier molecular flexibility index (Phi) is 3.44. The summed E-state index contributed by atoms with van der Waals surface area (Å²) >= 11 is 0. The maximum Gasteiger partial charge on any atom is 0.410 e. The quantitative estimate of drug-likeness (QED) is 0.863. The molecule has 1 saturated carbocycles. The van der Waals surface area contributed by atoms with Crippen LogP contribution in [0.5, 0.6) is 0 Å². The van der Waals surface area contributed by atoms with Crippen molar-refractivity contribution in [1.82, 2.24) is 10.2 Å². The molecule has 0 radical (unpaired) electrons. The molecule has 0 unspecified atom stereocenters. The van der Waals surface area contributed by atoms with Crippen molar-refractivity contribution in [1.29, 1.82) is 0 Å². The number of nitrogens with zero attached hydrogens (tertiary/aromatic N) is 1. The topological polar surface area (TPSA) is 41.6 Å². The summed E-state index contributed by atoms with van der Waals surface area (Å²) in [4.78, 5) is 14.5. The third-order valence-electron chi connectivity index (χ3n) is 4.19. The average molecular weight is 288 g/mol. The van der Waals surface area contributed by atoms with Gasteiger partial charge in [-0.2, -0.15) is 0 Å². The number of benzene rings is 1. The van der Waals surface area contributed by atoms with Gasteiger partial charge in [0, 0.05) is 18.6 Å². The number of amides is 1. The smallest absolute Gasteiger partial charge is 0.410 e. The van der Waals surface area contributed by atoms with Crippen LogP contribution in [0.3, 0.4) is 0 Å².